The summed E-state index contributed by atoms with van der Waals surface area (Å²) >= 11 is 13.6. The standard InChI is InChI=1S/C16H14Cl2N4O2S/c1-2-25-16-21-19-10-22(16)20-8-11-6-7-12(24-11)9-23-14-5-3-4-13(17)15(14)18/h3-8,10H,2,9H2,1H3/b20-8-. The summed E-state index contributed by atoms with van der Waals surface area (Å²) in [6, 6.07) is 8.84. The lowest BCUT2D eigenvalue weighted by Crippen LogP contribution is -1.94. The fourth-order valence-corrected chi connectivity index (χ4v) is 2.86. The topological polar surface area (TPSA) is 65.4 Å². The molecule has 0 bridgehead atoms. The van der Waals surface area contributed by atoms with E-state index in [1.165, 1.54) is 0 Å². The van der Waals surface area contributed by atoms with Crippen molar-refractivity contribution in [3.05, 3.63) is 58.2 Å². The van der Waals surface area contributed by atoms with Crippen LogP contribution in [0, 0.1) is 0 Å². The van der Waals surface area contributed by atoms with Gasteiger partial charge in [0.25, 0.3) is 0 Å². The molecule has 0 spiro atoms. The van der Waals surface area contributed by atoms with Crippen LogP contribution in [0.2, 0.25) is 10.0 Å². The Bertz CT molecular complexity index is 879. The summed E-state index contributed by atoms with van der Waals surface area (Å²) in [5, 5.41) is 13.7. The van der Waals surface area contributed by atoms with Gasteiger partial charge in [-0.1, -0.05) is 48.0 Å². The van der Waals surface area contributed by atoms with E-state index in [2.05, 4.69) is 15.3 Å². The Morgan fingerprint density at radius 1 is 1.32 bits per heavy atom. The third-order valence-corrected chi connectivity index (χ3v) is 4.67. The van der Waals surface area contributed by atoms with Gasteiger partial charge in [-0.05, 0) is 30.0 Å². The summed E-state index contributed by atoms with van der Waals surface area (Å²) in [5.41, 5.74) is 0. The lowest BCUT2D eigenvalue weighted by Gasteiger charge is -2.06. The van der Waals surface area contributed by atoms with Gasteiger partial charge in [0.05, 0.1) is 11.2 Å². The van der Waals surface area contributed by atoms with Crippen LogP contribution in [-0.4, -0.2) is 26.8 Å². The maximum atomic E-state index is 6.09. The van der Waals surface area contributed by atoms with E-state index in [9.17, 15) is 0 Å². The van der Waals surface area contributed by atoms with Crippen molar-refractivity contribution in [2.75, 3.05) is 5.75 Å². The summed E-state index contributed by atoms with van der Waals surface area (Å²) in [6.45, 7) is 2.27. The van der Waals surface area contributed by atoms with Crippen molar-refractivity contribution in [3.63, 3.8) is 0 Å². The molecule has 0 fully saturated rings. The van der Waals surface area contributed by atoms with Crippen LogP contribution in [0.5, 0.6) is 5.75 Å². The number of aromatic nitrogens is 3. The number of furan rings is 1. The molecule has 6 nitrogen and oxygen atoms in total. The van der Waals surface area contributed by atoms with Gasteiger partial charge in [-0.25, -0.2) is 0 Å². The highest BCUT2D eigenvalue weighted by molar-refractivity contribution is 7.99. The molecule has 130 valence electrons. The molecule has 25 heavy (non-hydrogen) atoms. The van der Waals surface area contributed by atoms with E-state index in [0.29, 0.717) is 27.3 Å². The van der Waals surface area contributed by atoms with Gasteiger partial charge < -0.3 is 9.15 Å². The van der Waals surface area contributed by atoms with Crippen LogP contribution in [0.25, 0.3) is 0 Å². The third kappa shape index (κ3) is 4.56. The molecule has 0 amide bonds. The zero-order valence-corrected chi connectivity index (χ0v) is 15.6. The lowest BCUT2D eigenvalue weighted by atomic mass is 10.3. The summed E-state index contributed by atoms with van der Waals surface area (Å²) in [6.07, 6.45) is 3.14. The van der Waals surface area contributed by atoms with Crippen LogP contribution in [-0.2, 0) is 6.61 Å². The Morgan fingerprint density at radius 2 is 2.20 bits per heavy atom. The van der Waals surface area contributed by atoms with E-state index in [0.717, 1.165) is 10.9 Å². The van der Waals surface area contributed by atoms with Gasteiger partial charge in [-0.15, -0.1) is 10.2 Å². The number of halogens is 2. The minimum Gasteiger partial charge on any atom is -0.484 e. The molecule has 0 aliphatic carbocycles. The Labute approximate surface area is 158 Å². The summed E-state index contributed by atoms with van der Waals surface area (Å²) < 4.78 is 12.9. The van der Waals surface area contributed by atoms with E-state index in [-0.39, 0.29) is 6.61 Å². The van der Waals surface area contributed by atoms with Gasteiger partial charge in [0, 0.05) is 0 Å². The summed E-state index contributed by atoms with van der Waals surface area (Å²) in [5.74, 6) is 2.63. The van der Waals surface area contributed by atoms with Crippen LogP contribution in [0.3, 0.4) is 0 Å². The highest BCUT2D eigenvalue weighted by atomic mass is 35.5. The minimum atomic E-state index is 0.234. The number of nitrogens with zero attached hydrogens (tertiary/aromatic N) is 4. The Kier molecular flexibility index (Phi) is 6.01. The van der Waals surface area contributed by atoms with Crippen LogP contribution >= 0.6 is 35.0 Å². The quantitative estimate of drug-likeness (QED) is 0.425. The summed E-state index contributed by atoms with van der Waals surface area (Å²) in [4.78, 5) is 0. The lowest BCUT2D eigenvalue weighted by molar-refractivity contribution is 0.270. The van der Waals surface area contributed by atoms with Gasteiger partial charge in [-0.2, -0.15) is 9.78 Å². The van der Waals surface area contributed by atoms with E-state index in [1.54, 1.807) is 53.2 Å². The normalized spacial score (nSPS) is 11.3. The van der Waals surface area contributed by atoms with Crippen LogP contribution in [0.4, 0.5) is 0 Å². The Balaban J connectivity index is 1.63. The first-order valence-corrected chi connectivity index (χ1v) is 9.14. The molecule has 3 aromatic rings. The summed E-state index contributed by atoms with van der Waals surface area (Å²) in [7, 11) is 0. The molecule has 0 atom stereocenters. The van der Waals surface area contributed by atoms with Crippen molar-refractivity contribution >= 4 is 41.2 Å². The van der Waals surface area contributed by atoms with Crippen molar-refractivity contribution in [2.45, 2.75) is 18.7 Å². The largest absolute Gasteiger partial charge is 0.484 e. The van der Waals surface area contributed by atoms with Gasteiger partial charge in [0.1, 0.15) is 35.2 Å². The number of ether oxygens (including phenoxy) is 1. The van der Waals surface area contributed by atoms with Gasteiger partial charge in [0.2, 0.25) is 5.16 Å². The van der Waals surface area contributed by atoms with Crippen molar-refractivity contribution in [1.29, 1.82) is 0 Å². The number of thioether (sulfide) groups is 1. The molecule has 0 aliphatic heterocycles. The maximum absolute atomic E-state index is 6.09. The molecular formula is C16H14Cl2N4O2S. The number of rotatable bonds is 7. The molecule has 1 aromatic carbocycles. The molecule has 0 saturated carbocycles. The highest BCUT2D eigenvalue weighted by Crippen LogP contribution is 2.32. The second-order valence-electron chi connectivity index (χ2n) is 4.78. The van der Waals surface area contributed by atoms with Crippen molar-refractivity contribution < 1.29 is 9.15 Å². The number of hydrogen-bond donors (Lipinski definition) is 0. The van der Waals surface area contributed by atoms with Crippen LogP contribution in [0.1, 0.15) is 18.4 Å². The Hall–Kier alpha value is -1.96. The van der Waals surface area contributed by atoms with Gasteiger partial charge in [-0.3, -0.25) is 0 Å². The van der Waals surface area contributed by atoms with Crippen molar-refractivity contribution in [2.24, 2.45) is 5.10 Å². The molecule has 2 aromatic heterocycles. The van der Waals surface area contributed by atoms with E-state index in [4.69, 9.17) is 32.4 Å². The second-order valence-corrected chi connectivity index (χ2v) is 6.80. The predicted molar refractivity (Wildman–Crippen MR) is 98.9 cm³/mol. The minimum absolute atomic E-state index is 0.234. The first-order valence-electron chi connectivity index (χ1n) is 7.40. The number of benzene rings is 1. The van der Waals surface area contributed by atoms with Crippen molar-refractivity contribution in [3.8, 4) is 5.75 Å². The third-order valence-electron chi connectivity index (χ3n) is 3.05. The molecule has 9 heteroatoms. The smallest absolute Gasteiger partial charge is 0.211 e. The molecule has 0 N–H and O–H groups in total. The van der Waals surface area contributed by atoms with Gasteiger partial charge >= 0.3 is 0 Å². The molecule has 0 unspecified atom stereocenters. The van der Waals surface area contributed by atoms with Crippen molar-refractivity contribution in [1.82, 2.24) is 14.9 Å². The Morgan fingerprint density at radius 3 is 3.04 bits per heavy atom. The zero-order chi connectivity index (χ0) is 17.6. The van der Waals surface area contributed by atoms with Crippen LogP contribution < -0.4 is 4.74 Å². The van der Waals surface area contributed by atoms with Crippen LogP contribution in [0.15, 0.2) is 51.3 Å². The zero-order valence-electron chi connectivity index (χ0n) is 13.2. The molecule has 0 saturated heterocycles. The molecule has 2 heterocycles. The first-order chi connectivity index (χ1) is 12.2. The fourth-order valence-electron chi connectivity index (χ4n) is 1.93. The fraction of sp³-hybridized carbons (Fsp3) is 0.188. The molecule has 3 rings (SSSR count). The first kappa shape index (κ1) is 17.8. The number of hydrogen-bond acceptors (Lipinski definition) is 6. The predicted octanol–water partition coefficient (Wildman–Crippen LogP) is 4.75. The van der Waals surface area contributed by atoms with E-state index in [1.807, 2.05) is 13.0 Å². The van der Waals surface area contributed by atoms with Gasteiger partial charge in [0.15, 0.2) is 0 Å². The highest BCUT2D eigenvalue weighted by Gasteiger charge is 2.08. The molecule has 0 radical (unpaired) electrons. The average Bonchev–Trinajstić information content (AvgIpc) is 3.24. The van der Waals surface area contributed by atoms with E-state index >= 15 is 0 Å². The molecular weight excluding hydrogens is 383 g/mol. The average molecular weight is 397 g/mol. The second kappa shape index (κ2) is 8.42. The SMILES string of the molecule is CCSc1nncn1/N=C\c1ccc(COc2cccc(Cl)c2Cl)o1. The monoisotopic (exact) mass is 396 g/mol. The maximum Gasteiger partial charge on any atom is 0.211 e. The van der Waals surface area contributed by atoms with E-state index < -0.39 is 0 Å². The molecule has 0 aliphatic rings.